The van der Waals surface area contributed by atoms with Gasteiger partial charge in [0.2, 0.25) is 0 Å². The molecule has 4 aromatic rings. The van der Waals surface area contributed by atoms with Gasteiger partial charge in [-0.25, -0.2) is 9.97 Å². The molecule has 0 saturated heterocycles. The van der Waals surface area contributed by atoms with Crippen LogP contribution in [0.5, 0.6) is 5.75 Å². The van der Waals surface area contributed by atoms with Gasteiger partial charge < -0.3 is 9.72 Å². The number of halogens is 2. The number of pyridine rings is 2. The van der Waals surface area contributed by atoms with E-state index in [9.17, 15) is 0 Å². The number of hydrogen-bond donors (Lipinski definition) is 1. The van der Waals surface area contributed by atoms with Crippen molar-refractivity contribution in [3.63, 3.8) is 0 Å². The molecule has 3 aromatic heterocycles. The summed E-state index contributed by atoms with van der Waals surface area (Å²) in [6.45, 7) is 4.48. The van der Waals surface area contributed by atoms with E-state index in [-0.39, 0.29) is 7.43 Å². The number of aromatic nitrogens is 4. The van der Waals surface area contributed by atoms with Crippen LogP contribution in [-0.4, -0.2) is 19.9 Å². The van der Waals surface area contributed by atoms with Crippen LogP contribution in [0.1, 0.15) is 24.2 Å². The van der Waals surface area contributed by atoms with Crippen molar-refractivity contribution >= 4 is 27.5 Å². The number of ether oxygens (including phenoxy) is 1. The van der Waals surface area contributed by atoms with Gasteiger partial charge in [-0.05, 0) is 77.3 Å². The number of aryl methyl sites for hydroxylation is 2. The van der Waals surface area contributed by atoms with E-state index in [1.165, 1.54) is 0 Å². The zero-order chi connectivity index (χ0) is 20.4. The summed E-state index contributed by atoms with van der Waals surface area (Å²) in [4.78, 5) is 16.5. The lowest BCUT2D eigenvalue weighted by Crippen LogP contribution is -1.98. The maximum atomic E-state index is 5.90. The Hall–Kier alpha value is -2.70. The van der Waals surface area contributed by atoms with Crippen molar-refractivity contribution < 1.29 is 4.74 Å². The summed E-state index contributed by atoms with van der Waals surface area (Å²) >= 11 is 9.45. The third-order valence-corrected chi connectivity index (χ3v) is 5.27. The lowest BCUT2D eigenvalue weighted by Gasteiger charge is -2.09. The summed E-state index contributed by atoms with van der Waals surface area (Å²) in [6, 6.07) is 13.6. The second-order valence-electron chi connectivity index (χ2n) is 6.71. The number of hydrogen-bond acceptors (Lipinski definition) is 4. The molecule has 3 heterocycles. The molecule has 1 aromatic carbocycles. The molecule has 4 rings (SSSR count). The number of rotatable bonds is 5. The Morgan fingerprint density at radius 3 is 2.53 bits per heavy atom. The normalized spacial score (nSPS) is 10.5. The van der Waals surface area contributed by atoms with E-state index < -0.39 is 0 Å². The molecule has 0 unspecified atom stereocenters. The quantitative estimate of drug-likeness (QED) is 0.316. The standard InChI is InChI=1S/C22H18BrClN4O.CH4/c1-13-3-5-16(25-10-13)12-29-17-6-7-18(14(2)9-17)20-21(23)28-22(27-20)15-4-8-19(24)26-11-15;/h3-11H,12H2,1-2H3,(H,27,28);1H4. The molecule has 0 aliphatic rings. The van der Waals surface area contributed by atoms with Crippen molar-refractivity contribution in [2.45, 2.75) is 27.9 Å². The minimum Gasteiger partial charge on any atom is -0.487 e. The second kappa shape index (κ2) is 9.41. The first kappa shape index (κ1) is 22.0. The average molecular weight is 486 g/mol. The summed E-state index contributed by atoms with van der Waals surface area (Å²) in [5.74, 6) is 1.52. The molecule has 0 atom stereocenters. The first-order valence-corrected chi connectivity index (χ1v) is 10.2. The van der Waals surface area contributed by atoms with Crippen molar-refractivity contribution in [1.82, 2.24) is 19.9 Å². The highest BCUT2D eigenvalue weighted by atomic mass is 79.9. The Morgan fingerprint density at radius 2 is 1.87 bits per heavy atom. The van der Waals surface area contributed by atoms with Crippen molar-refractivity contribution in [1.29, 1.82) is 0 Å². The molecule has 0 bridgehead atoms. The lowest BCUT2D eigenvalue weighted by molar-refractivity contribution is 0.301. The molecular weight excluding hydrogens is 464 g/mol. The molecule has 5 nitrogen and oxygen atoms in total. The Kier molecular flexibility index (Phi) is 6.90. The van der Waals surface area contributed by atoms with Crippen molar-refractivity contribution in [3.05, 3.63) is 81.4 Å². The predicted octanol–water partition coefficient (Wildman–Crippen LogP) is 6.78. The second-order valence-corrected chi connectivity index (χ2v) is 7.89. The molecule has 0 saturated carbocycles. The van der Waals surface area contributed by atoms with Crippen LogP contribution in [0.3, 0.4) is 0 Å². The topological polar surface area (TPSA) is 63.7 Å². The summed E-state index contributed by atoms with van der Waals surface area (Å²) in [6.07, 6.45) is 3.54. The van der Waals surface area contributed by atoms with Crippen LogP contribution in [0.15, 0.2) is 59.5 Å². The van der Waals surface area contributed by atoms with Crippen LogP contribution in [0.2, 0.25) is 5.15 Å². The van der Waals surface area contributed by atoms with Gasteiger partial charge in [0.05, 0.1) is 5.69 Å². The van der Waals surface area contributed by atoms with Gasteiger partial charge in [-0.2, -0.15) is 0 Å². The maximum Gasteiger partial charge on any atom is 0.140 e. The van der Waals surface area contributed by atoms with E-state index in [1.807, 2.05) is 56.4 Å². The molecule has 30 heavy (non-hydrogen) atoms. The molecule has 0 spiro atoms. The Balaban J connectivity index is 0.00000256. The number of H-pyrrole nitrogens is 1. The summed E-state index contributed by atoms with van der Waals surface area (Å²) in [5, 5.41) is 0.451. The summed E-state index contributed by atoms with van der Waals surface area (Å²) in [7, 11) is 0. The molecule has 0 radical (unpaired) electrons. The van der Waals surface area contributed by atoms with Crippen LogP contribution >= 0.6 is 27.5 Å². The number of aromatic amines is 1. The van der Waals surface area contributed by atoms with Crippen LogP contribution in [0, 0.1) is 13.8 Å². The van der Waals surface area contributed by atoms with E-state index in [0.717, 1.165) is 49.8 Å². The molecule has 0 amide bonds. The molecule has 0 aliphatic carbocycles. The molecule has 1 N–H and O–H groups in total. The predicted molar refractivity (Wildman–Crippen MR) is 125 cm³/mol. The van der Waals surface area contributed by atoms with E-state index in [0.29, 0.717) is 11.8 Å². The minimum atomic E-state index is 0. The van der Waals surface area contributed by atoms with Crippen molar-refractivity contribution in [2.75, 3.05) is 0 Å². The fourth-order valence-corrected chi connectivity index (χ4v) is 3.52. The number of benzene rings is 1. The van der Waals surface area contributed by atoms with Crippen LogP contribution in [-0.2, 0) is 6.61 Å². The first-order chi connectivity index (χ1) is 14.0. The van der Waals surface area contributed by atoms with Crippen molar-refractivity contribution in [3.8, 4) is 28.4 Å². The SMILES string of the molecule is C.Cc1ccc(COc2ccc(-c3nc(-c4ccc(Cl)nc4)[nH]c3Br)c(C)c2)nc1. The molecule has 0 aliphatic heterocycles. The van der Waals surface area contributed by atoms with E-state index in [1.54, 1.807) is 12.3 Å². The van der Waals surface area contributed by atoms with E-state index in [4.69, 9.17) is 21.3 Å². The number of imidazole rings is 1. The molecule has 0 fully saturated rings. The Labute approximate surface area is 189 Å². The van der Waals surface area contributed by atoms with Gasteiger partial charge in [-0.15, -0.1) is 0 Å². The fourth-order valence-electron chi connectivity index (χ4n) is 2.92. The van der Waals surface area contributed by atoms with Crippen molar-refractivity contribution in [2.24, 2.45) is 0 Å². The summed E-state index contributed by atoms with van der Waals surface area (Å²) < 4.78 is 6.70. The van der Waals surface area contributed by atoms with Crippen LogP contribution in [0.25, 0.3) is 22.6 Å². The Bertz CT molecular complexity index is 1140. The van der Waals surface area contributed by atoms with Gasteiger partial charge >= 0.3 is 0 Å². The molecular formula is C23H22BrClN4O. The van der Waals surface area contributed by atoms with Crippen LogP contribution < -0.4 is 4.74 Å². The van der Waals surface area contributed by atoms with E-state index in [2.05, 4.69) is 30.9 Å². The van der Waals surface area contributed by atoms with Gasteiger partial charge in [0, 0.05) is 23.5 Å². The number of nitrogens with one attached hydrogen (secondary N) is 1. The highest BCUT2D eigenvalue weighted by molar-refractivity contribution is 9.10. The summed E-state index contributed by atoms with van der Waals surface area (Å²) in [5.41, 5.74) is 5.80. The fraction of sp³-hybridized carbons (Fsp3) is 0.174. The highest BCUT2D eigenvalue weighted by Gasteiger charge is 2.14. The van der Waals surface area contributed by atoms with Gasteiger partial charge in [-0.1, -0.05) is 25.1 Å². The molecule has 154 valence electrons. The maximum absolute atomic E-state index is 5.90. The zero-order valence-corrected chi connectivity index (χ0v) is 18.3. The smallest absolute Gasteiger partial charge is 0.140 e. The van der Waals surface area contributed by atoms with Gasteiger partial charge in [-0.3, -0.25) is 4.98 Å². The average Bonchev–Trinajstić information content (AvgIpc) is 3.09. The van der Waals surface area contributed by atoms with Gasteiger partial charge in [0.15, 0.2) is 0 Å². The first-order valence-electron chi connectivity index (χ1n) is 9.02. The van der Waals surface area contributed by atoms with Crippen LogP contribution in [0.4, 0.5) is 0 Å². The van der Waals surface area contributed by atoms with Gasteiger partial charge in [0.1, 0.15) is 33.6 Å². The largest absolute Gasteiger partial charge is 0.487 e. The third-order valence-electron chi connectivity index (χ3n) is 4.47. The lowest BCUT2D eigenvalue weighted by atomic mass is 10.1. The zero-order valence-electron chi connectivity index (χ0n) is 15.9. The monoisotopic (exact) mass is 484 g/mol. The molecule has 7 heteroatoms. The highest BCUT2D eigenvalue weighted by Crippen LogP contribution is 2.33. The number of nitrogens with zero attached hydrogens (tertiary/aromatic N) is 3. The third kappa shape index (κ3) is 4.89. The Morgan fingerprint density at radius 1 is 1.03 bits per heavy atom. The van der Waals surface area contributed by atoms with Gasteiger partial charge in [0.25, 0.3) is 0 Å². The van der Waals surface area contributed by atoms with E-state index >= 15 is 0 Å². The minimum absolute atomic E-state index is 0.